The van der Waals surface area contributed by atoms with Crippen LogP contribution in [-0.4, -0.2) is 11.9 Å². The topological polar surface area (TPSA) is 52.9 Å². The summed E-state index contributed by atoms with van der Waals surface area (Å²) in [5, 5.41) is 11.8. The van der Waals surface area contributed by atoms with Crippen LogP contribution in [0.1, 0.15) is 36.8 Å². The van der Waals surface area contributed by atoms with Crippen molar-refractivity contribution in [3.8, 4) is 6.07 Å². The Balaban J connectivity index is 1.93. The molecule has 3 heteroatoms. The summed E-state index contributed by atoms with van der Waals surface area (Å²) in [6, 6.07) is 9.62. The average Bonchev–Trinajstić information content (AvgIpc) is 2.89. The molecule has 1 fully saturated rings. The normalized spacial score (nSPS) is 15.7. The molecular formula is C15H16N2O. The summed E-state index contributed by atoms with van der Waals surface area (Å²) in [5.41, 5.74) is 1.48. The van der Waals surface area contributed by atoms with Gasteiger partial charge in [0.15, 0.2) is 0 Å². The first-order chi connectivity index (χ1) is 8.78. The number of rotatable bonds is 3. The Kier molecular flexibility index (Phi) is 4.14. The molecule has 3 nitrogen and oxygen atoms in total. The summed E-state index contributed by atoms with van der Waals surface area (Å²) in [4.78, 5) is 11.7. The van der Waals surface area contributed by atoms with Crippen LogP contribution in [0.15, 0.2) is 30.3 Å². The van der Waals surface area contributed by atoms with Crippen LogP contribution < -0.4 is 5.32 Å². The number of nitriles is 1. The predicted molar refractivity (Wildman–Crippen MR) is 70.6 cm³/mol. The molecule has 0 bridgehead atoms. The van der Waals surface area contributed by atoms with E-state index in [-0.39, 0.29) is 5.91 Å². The van der Waals surface area contributed by atoms with Gasteiger partial charge in [-0.3, -0.25) is 4.79 Å². The molecule has 1 N–H and O–H groups in total. The molecule has 0 radical (unpaired) electrons. The molecule has 1 amide bonds. The van der Waals surface area contributed by atoms with Crippen LogP contribution in [0.5, 0.6) is 0 Å². The molecule has 1 aromatic rings. The zero-order chi connectivity index (χ0) is 12.8. The van der Waals surface area contributed by atoms with Gasteiger partial charge >= 0.3 is 0 Å². The van der Waals surface area contributed by atoms with Crippen LogP contribution in [0.3, 0.4) is 0 Å². The van der Waals surface area contributed by atoms with Gasteiger partial charge in [-0.15, -0.1) is 0 Å². The number of hydrogen-bond donors (Lipinski definition) is 1. The van der Waals surface area contributed by atoms with Gasteiger partial charge in [-0.1, -0.05) is 25.0 Å². The van der Waals surface area contributed by atoms with Gasteiger partial charge in [0, 0.05) is 12.1 Å². The van der Waals surface area contributed by atoms with Crippen molar-refractivity contribution in [3.63, 3.8) is 0 Å². The van der Waals surface area contributed by atoms with E-state index in [1.54, 1.807) is 18.2 Å². The summed E-state index contributed by atoms with van der Waals surface area (Å²) in [7, 11) is 0. The first-order valence-electron chi connectivity index (χ1n) is 6.26. The molecule has 0 heterocycles. The van der Waals surface area contributed by atoms with Crippen LogP contribution in [0, 0.1) is 11.3 Å². The first kappa shape index (κ1) is 12.4. The van der Waals surface area contributed by atoms with E-state index in [9.17, 15) is 4.79 Å². The fourth-order valence-electron chi connectivity index (χ4n) is 2.20. The summed E-state index contributed by atoms with van der Waals surface area (Å²) in [6.07, 6.45) is 7.87. The van der Waals surface area contributed by atoms with Gasteiger partial charge in [0.05, 0.1) is 11.6 Å². The number of amides is 1. The summed E-state index contributed by atoms with van der Waals surface area (Å²) in [6.45, 7) is 0. The number of carbonyl (C=O) groups excluding carboxylic acids is 1. The highest BCUT2D eigenvalue weighted by Crippen LogP contribution is 2.17. The van der Waals surface area contributed by atoms with Crippen LogP contribution in [0.25, 0.3) is 6.08 Å². The lowest BCUT2D eigenvalue weighted by Gasteiger charge is -2.08. The lowest BCUT2D eigenvalue weighted by molar-refractivity contribution is -0.117. The Morgan fingerprint density at radius 1 is 1.39 bits per heavy atom. The quantitative estimate of drug-likeness (QED) is 0.826. The van der Waals surface area contributed by atoms with Gasteiger partial charge in [-0.05, 0) is 36.6 Å². The second-order valence-corrected chi connectivity index (χ2v) is 4.56. The minimum Gasteiger partial charge on any atom is -0.350 e. The molecule has 0 aliphatic heterocycles. The molecule has 1 aliphatic rings. The number of benzene rings is 1. The number of carbonyl (C=O) groups is 1. The minimum absolute atomic E-state index is 0.0516. The minimum atomic E-state index is -0.0516. The highest BCUT2D eigenvalue weighted by atomic mass is 16.1. The molecule has 18 heavy (non-hydrogen) atoms. The second kappa shape index (κ2) is 6.02. The second-order valence-electron chi connectivity index (χ2n) is 4.56. The third kappa shape index (κ3) is 3.46. The average molecular weight is 240 g/mol. The molecule has 0 saturated heterocycles. The van der Waals surface area contributed by atoms with E-state index in [4.69, 9.17) is 5.26 Å². The molecule has 92 valence electrons. The number of nitrogens with one attached hydrogen (secondary N) is 1. The van der Waals surface area contributed by atoms with Gasteiger partial charge in [-0.25, -0.2) is 0 Å². The molecule has 1 aliphatic carbocycles. The van der Waals surface area contributed by atoms with Gasteiger partial charge in [-0.2, -0.15) is 5.26 Å². The Labute approximate surface area is 107 Å². The molecule has 0 unspecified atom stereocenters. The molecule has 1 aromatic carbocycles. The van der Waals surface area contributed by atoms with E-state index in [2.05, 4.69) is 11.4 Å². The monoisotopic (exact) mass is 240 g/mol. The van der Waals surface area contributed by atoms with Crippen LogP contribution in [-0.2, 0) is 4.79 Å². The Bertz CT molecular complexity index is 493. The van der Waals surface area contributed by atoms with E-state index < -0.39 is 0 Å². The van der Waals surface area contributed by atoms with Gasteiger partial charge < -0.3 is 5.32 Å². The molecular weight excluding hydrogens is 224 g/mol. The molecule has 0 atom stereocenters. The smallest absolute Gasteiger partial charge is 0.244 e. The highest BCUT2D eigenvalue weighted by Gasteiger charge is 2.15. The molecule has 1 saturated carbocycles. The van der Waals surface area contributed by atoms with Crippen LogP contribution in [0.4, 0.5) is 0 Å². The van der Waals surface area contributed by atoms with E-state index in [1.165, 1.54) is 18.9 Å². The molecule has 0 aromatic heterocycles. The molecule has 0 spiro atoms. The van der Waals surface area contributed by atoms with Crippen molar-refractivity contribution >= 4 is 12.0 Å². The Hall–Kier alpha value is -2.08. The van der Waals surface area contributed by atoms with Crippen molar-refractivity contribution in [1.82, 2.24) is 5.32 Å². The Morgan fingerprint density at radius 2 is 2.17 bits per heavy atom. The maximum Gasteiger partial charge on any atom is 0.244 e. The van der Waals surface area contributed by atoms with Gasteiger partial charge in [0.1, 0.15) is 0 Å². The van der Waals surface area contributed by atoms with Gasteiger partial charge in [0.2, 0.25) is 5.91 Å². The van der Waals surface area contributed by atoms with E-state index in [0.29, 0.717) is 11.6 Å². The summed E-state index contributed by atoms with van der Waals surface area (Å²) < 4.78 is 0. The van der Waals surface area contributed by atoms with Crippen molar-refractivity contribution in [2.45, 2.75) is 31.7 Å². The SMILES string of the molecule is N#Cc1cccc(/C=C/C(=O)NC2CCCC2)c1. The van der Waals surface area contributed by atoms with E-state index in [1.807, 2.05) is 12.1 Å². The van der Waals surface area contributed by atoms with Crippen molar-refractivity contribution in [2.24, 2.45) is 0 Å². The third-order valence-electron chi connectivity index (χ3n) is 3.14. The standard InChI is InChI=1S/C15H16N2O/c16-11-13-5-3-4-12(10-13)8-9-15(18)17-14-6-1-2-7-14/h3-5,8-10,14H,1-2,6-7H2,(H,17,18)/b9-8+. The van der Waals surface area contributed by atoms with Gasteiger partial charge in [0.25, 0.3) is 0 Å². The fraction of sp³-hybridized carbons (Fsp3) is 0.333. The van der Waals surface area contributed by atoms with Crippen LogP contribution >= 0.6 is 0 Å². The van der Waals surface area contributed by atoms with E-state index >= 15 is 0 Å². The van der Waals surface area contributed by atoms with Crippen molar-refractivity contribution in [3.05, 3.63) is 41.5 Å². The van der Waals surface area contributed by atoms with Crippen LogP contribution in [0.2, 0.25) is 0 Å². The lowest BCUT2D eigenvalue weighted by Crippen LogP contribution is -2.30. The maximum absolute atomic E-state index is 11.7. The van der Waals surface area contributed by atoms with Crippen molar-refractivity contribution in [1.29, 1.82) is 5.26 Å². The zero-order valence-electron chi connectivity index (χ0n) is 10.2. The summed E-state index contributed by atoms with van der Waals surface area (Å²) in [5.74, 6) is -0.0516. The fourth-order valence-corrected chi connectivity index (χ4v) is 2.20. The van der Waals surface area contributed by atoms with E-state index in [0.717, 1.165) is 18.4 Å². The van der Waals surface area contributed by atoms with Crippen molar-refractivity contribution < 1.29 is 4.79 Å². The summed E-state index contributed by atoms with van der Waals surface area (Å²) >= 11 is 0. The number of hydrogen-bond acceptors (Lipinski definition) is 2. The molecule has 2 rings (SSSR count). The first-order valence-corrected chi connectivity index (χ1v) is 6.26. The number of nitrogens with zero attached hydrogens (tertiary/aromatic N) is 1. The third-order valence-corrected chi connectivity index (χ3v) is 3.14. The predicted octanol–water partition coefficient (Wildman–Crippen LogP) is 2.63. The highest BCUT2D eigenvalue weighted by molar-refractivity contribution is 5.91. The zero-order valence-corrected chi connectivity index (χ0v) is 10.2. The lowest BCUT2D eigenvalue weighted by atomic mass is 10.1. The van der Waals surface area contributed by atoms with Crippen molar-refractivity contribution in [2.75, 3.05) is 0 Å². The Morgan fingerprint density at radius 3 is 2.89 bits per heavy atom. The largest absolute Gasteiger partial charge is 0.350 e. The maximum atomic E-state index is 11.7.